The van der Waals surface area contributed by atoms with Crippen molar-refractivity contribution in [2.75, 3.05) is 0 Å². The predicted molar refractivity (Wildman–Crippen MR) is 87.0 cm³/mol. The van der Waals surface area contributed by atoms with Gasteiger partial charge in [-0.3, -0.25) is 10.1 Å². The van der Waals surface area contributed by atoms with Gasteiger partial charge in [0.25, 0.3) is 0 Å². The monoisotopic (exact) mass is 288 g/mol. The Bertz CT molecular complexity index is 545. The van der Waals surface area contributed by atoms with Gasteiger partial charge in [-0.05, 0) is 44.2 Å². The molecule has 1 N–H and O–H groups in total. The van der Waals surface area contributed by atoms with E-state index in [0.717, 1.165) is 0 Å². The summed E-state index contributed by atoms with van der Waals surface area (Å²) >= 11 is 0. The van der Waals surface area contributed by atoms with E-state index in [9.17, 15) is 4.79 Å². The van der Waals surface area contributed by atoms with Crippen LogP contribution in [0.25, 0.3) is 0 Å². The van der Waals surface area contributed by atoms with Gasteiger partial charge < -0.3 is 4.90 Å². The molecule has 3 nitrogen and oxygen atoms in total. The van der Waals surface area contributed by atoms with E-state index in [2.05, 4.69) is 65.1 Å². The lowest BCUT2D eigenvalue weighted by Crippen LogP contribution is -2.45. The Kier molecular flexibility index (Phi) is 4.16. The van der Waals surface area contributed by atoms with Gasteiger partial charge in [-0.25, -0.2) is 0 Å². The number of aryl methyl sites for hydroxylation is 2. The van der Waals surface area contributed by atoms with Crippen LogP contribution in [-0.2, 0) is 4.79 Å². The zero-order chi connectivity index (χ0) is 15.9. The molecule has 0 aromatic heterocycles. The largest absolute Gasteiger partial charge is 0.318 e. The molecule has 1 aliphatic rings. The second-order valence-electron chi connectivity index (χ2n) is 7.44. The molecule has 1 aromatic carbocycles. The van der Waals surface area contributed by atoms with Crippen molar-refractivity contribution < 1.29 is 4.79 Å². The lowest BCUT2D eigenvalue weighted by Gasteiger charge is -2.39. The highest BCUT2D eigenvalue weighted by atomic mass is 16.2. The standard InChI is InChI=1S/C18H28N2O/c1-11-8-9-15(12(2)10-11)16-19-13(3)17(21)20(16)14(4)18(5,6)7/h8-10,13-14,16,19H,1-7H3. The van der Waals surface area contributed by atoms with Crippen molar-refractivity contribution in [2.24, 2.45) is 5.41 Å². The van der Waals surface area contributed by atoms with E-state index in [1.165, 1.54) is 16.7 Å². The third-order valence-corrected chi connectivity index (χ3v) is 4.70. The van der Waals surface area contributed by atoms with E-state index in [4.69, 9.17) is 0 Å². The third-order valence-electron chi connectivity index (χ3n) is 4.70. The quantitative estimate of drug-likeness (QED) is 0.902. The second-order valence-corrected chi connectivity index (χ2v) is 7.44. The van der Waals surface area contributed by atoms with Crippen molar-refractivity contribution in [2.45, 2.75) is 66.7 Å². The first-order valence-electron chi connectivity index (χ1n) is 7.78. The molecule has 0 bridgehead atoms. The minimum Gasteiger partial charge on any atom is -0.318 e. The van der Waals surface area contributed by atoms with E-state index in [-0.39, 0.29) is 29.6 Å². The van der Waals surface area contributed by atoms with Crippen molar-refractivity contribution in [1.82, 2.24) is 10.2 Å². The van der Waals surface area contributed by atoms with Crippen LogP contribution in [0.5, 0.6) is 0 Å². The van der Waals surface area contributed by atoms with Gasteiger partial charge in [0.1, 0.15) is 6.17 Å². The molecule has 21 heavy (non-hydrogen) atoms. The van der Waals surface area contributed by atoms with E-state index in [1.807, 2.05) is 11.8 Å². The summed E-state index contributed by atoms with van der Waals surface area (Å²) in [5.74, 6) is 0.197. The van der Waals surface area contributed by atoms with Gasteiger partial charge in [-0.15, -0.1) is 0 Å². The van der Waals surface area contributed by atoms with Crippen LogP contribution in [0.3, 0.4) is 0 Å². The number of hydrogen-bond donors (Lipinski definition) is 1. The molecule has 0 saturated carbocycles. The summed E-state index contributed by atoms with van der Waals surface area (Å²) in [5, 5.41) is 3.46. The first-order valence-corrected chi connectivity index (χ1v) is 7.78. The maximum Gasteiger partial charge on any atom is 0.241 e. The second kappa shape index (κ2) is 5.45. The number of carbonyl (C=O) groups is 1. The summed E-state index contributed by atoms with van der Waals surface area (Å²) < 4.78 is 0. The van der Waals surface area contributed by atoms with Crippen LogP contribution in [0.2, 0.25) is 0 Å². The van der Waals surface area contributed by atoms with Crippen molar-refractivity contribution in [3.8, 4) is 0 Å². The first kappa shape index (κ1) is 16.0. The molecular weight excluding hydrogens is 260 g/mol. The molecule has 1 heterocycles. The number of carbonyl (C=O) groups excluding carboxylic acids is 1. The van der Waals surface area contributed by atoms with Crippen molar-refractivity contribution >= 4 is 5.91 Å². The van der Waals surface area contributed by atoms with Crippen LogP contribution in [0.4, 0.5) is 0 Å². The third kappa shape index (κ3) is 2.98. The fourth-order valence-corrected chi connectivity index (χ4v) is 2.94. The molecule has 1 amide bonds. The molecule has 3 unspecified atom stereocenters. The van der Waals surface area contributed by atoms with Crippen LogP contribution in [-0.4, -0.2) is 22.9 Å². The Balaban J connectivity index is 2.43. The molecule has 2 rings (SSSR count). The molecule has 3 atom stereocenters. The van der Waals surface area contributed by atoms with Crippen molar-refractivity contribution in [1.29, 1.82) is 0 Å². The van der Waals surface area contributed by atoms with Gasteiger partial charge in [0, 0.05) is 6.04 Å². The van der Waals surface area contributed by atoms with Crippen molar-refractivity contribution in [3.63, 3.8) is 0 Å². The molecule has 0 radical (unpaired) electrons. The van der Waals surface area contributed by atoms with E-state index in [0.29, 0.717) is 0 Å². The Morgan fingerprint density at radius 2 is 1.86 bits per heavy atom. The summed E-state index contributed by atoms with van der Waals surface area (Å²) in [7, 11) is 0. The average Bonchev–Trinajstić information content (AvgIpc) is 2.63. The van der Waals surface area contributed by atoms with Crippen LogP contribution in [0.15, 0.2) is 18.2 Å². The van der Waals surface area contributed by atoms with Crippen LogP contribution < -0.4 is 5.32 Å². The smallest absolute Gasteiger partial charge is 0.241 e. The first-order chi connectivity index (χ1) is 9.62. The number of benzene rings is 1. The van der Waals surface area contributed by atoms with Gasteiger partial charge in [0.2, 0.25) is 5.91 Å². The average molecular weight is 288 g/mol. The van der Waals surface area contributed by atoms with E-state index >= 15 is 0 Å². The molecule has 1 aromatic rings. The van der Waals surface area contributed by atoms with Gasteiger partial charge in [-0.2, -0.15) is 0 Å². The van der Waals surface area contributed by atoms with Crippen molar-refractivity contribution in [3.05, 3.63) is 34.9 Å². The maximum absolute atomic E-state index is 12.6. The molecule has 116 valence electrons. The Morgan fingerprint density at radius 1 is 1.24 bits per heavy atom. The summed E-state index contributed by atoms with van der Waals surface area (Å²) in [4.78, 5) is 14.6. The highest BCUT2D eigenvalue weighted by Gasteiger charge is 2.43. The van der Waals surface area contributed by atoms with Gasteiger partial charge in [0.05, 0.1) is 6.04 Å². The summed E-state index contributed by atoms with van der Waals surface area (Å²) in [6.45, 7) is 14.9. The molecule has 0 aliphatic carbocycles. The van der Waals surface area contributed by atoms with Crippen LogP contribution in [0.1, 0.15) is 57.5 Å². The topological polar surface area (TPSA) is 32.3 Å². The van der Waals surface area contributed by atoms with E-state index in [1.54, 1.807) is 0 Å². The number of nitrogens with one attached hydrogen (secondary N) is 1. The minimum atomic E-state index is -0.125. The van der Waals surface area contributed by atoms with Crippen LogP contribution >= 0.6 is 0 Å². The summed E-state index contributed by atoms with van der Waals surface area (Å²) in [6, 6.07) is 6.51. The minimum absolute atomic E-state index is 0.0256. The lowest BCUT2D eigenvalue weighted by atomic mass is 9.86. The normalized spacial score (nSPS) is 24.5. The fourth-order valence-electron chi connectivity index (χ4n) is 2.94. The Morgan fingerprint density at radius 3 is 2.38 bits per heavy atom. The zero-order valence-corrected chi connectivity index (χ0v) is 14.3. The Labute approximate surface area is 128 Å². The SMILES string of the molecule is Cc1ccc(C2NC(C)C(=O)N2C(C)C(C)(C)C)c(C)c1. The summed E-state index contributed by atoms with van der Waals surface area (Å²) in [6.07, 6.45) is -0.0256. The predicted octanol–water partition coefficient (Wildman–Crippen LogP) is 3.56. The molecular formula is C18H28N2O. The highest BCUT2D eigenvalue weighted by Crippen LogP contribution is 2.35. The molecule has 0 spiro atoms. The molecule has 3 heteroatoms. The maximum atomic E-state index is 12.6. The fraction of sp³-hybridized carbons (Fsp3) is 0.611. The number of amides is 1. The highest BCUT2D eigenvalue weighted by molar-refractivity contribution is 5.84. The van der Waals surface area contributed by atoms with Gasteiger partial charge >= 0.3 is 0 Å². The lowest BCUT2D eigenvalue weighted by molar-refractivity contribution is -0.134. The zero-order valence-electron chi connectivity index (χ0n) is 14.3. The van der Waals surface area contributed by atoms with Gasteiger partial charge in [0.15, 0.2) is 0 Å². The number of nitrogens with zero attached hydrogens (tertiary/aromatic N) is 1. The van der Waals surface area contributed by atoms with E-state index < -0.39 is 0 Å². The van der Waals surface area contributed by atoms with Crippen LogP contribution in [0, 0.1) is 19.3 Å². The molecule has 1 fully saturated rings. The summed E-state index contributed by atoms with van der Waals surface area (Å²) in [5.41, 5.74) is 3.75. The van der Waals surface area contributed by atoms with Gasteiger partial charge in [-0.1, -0.05) is 44.5 Å². The number of hydrogen-bond acceptors (Lipinski definition) is 2. The molecule has 1 aliphatic heterocycles. The Hall–Kier alpha value is -1.35. The molecule has 1 saturated heterocycles. The number of rotatable bonds is 2.